The van der Waals surface area contributed by atoms with E-state index in [-0.39, 0.29) is 5.56 Å². The molecule has 4 nitrogen and oxygen atoms in total. The van der Waals surface area contributed by atoms with Crippen molar-refractivity contribution < 1.29 is 15.0 Å². The zero-order valence-electron chi connectivity index (χ0n) is 13.0. The maximum atomic E-state index is 11.1. The van der Waals surface area contributed by atoms with E-state index in [1.54, 1.807) is 30.5 Å². The summed E-state index contributed by atoms with van der Waals surface area (Å²) in [5.41, 5.74) is 0.117. The molecule has 0 fully saturated rings. The SMILES string of the molecule is CC(CC=Nc1ccccc1C(=O)O)CCCC(C)(C)O. The van der Waals surface area contributed by atoms with Gasteiger partial charge in [-0.25, -0.2) is 4.79 Å². The molecule has 21 heavy (non-hydrogen) atoms. The molecule has 1 rings (SSSR count). The van der Waals surface area contributed by atoms with E-state index in [0.29, 0.717) is 11.6 Å². The van der Waals surface area contributed by atoms with Crippen molar-refractivity contribution >= 4 is 17.9 Å². The zero-order chi connectivity index (χ0) is 15.9. The molecule has 1 aromatic carbocycles. The second-order valence-corrected chi connectivity index (χ2v) is 6.18. The minimum Gasteiger partial charge on any atom is -0.478 e. The molecule has 0 saturated carbocycles. The number of para-hydroxylation sites is 1. The molecule has 1 atom stereocenters. The van der Waals surface area contributed by atoms with Gasteiger partial charge in [-0.3, -0.25) is 4.99 Å². The maximum Gasteiger partial charge on any atom is 0.337 e. The second kappa shape index (κ2) is 7.93. The number of benzene rings is 1. The number of nitrogens with zero attached hydrogens (tertiary/aromatic N) is 1. The predicted molar refractivity (Wildman–Crippen MR) is 85.5 cm³/mol. The Bertz CT molecular complexity index is 489. The lowest BCUT2D eigenvalue weighted by atomic mass is 9.95. The van der Waals surface area contributed by atoms with E-state index >= 15 is 0 Å². The van der Waals surface area contributed by atoms with E-state index in [0.717, 1.165) is 25.7 Å². The van der Waals surface area contributed by atoms with Gasteiger partial charge in [0.1, 0.15) is 0 Å². The maximum absolute atomic E-state index is 11.1. The summed E-state index contributed by atoms with van der Waals surface area (Å²) < 4.78 is 0. The van der Waals surface area contributed by atoms with Gasteiger partial charge in [0.05, 0.1) is 16.9 Å². The van der Waals surface area contributed by atoms with Gasteiger partial charge >= 0.3 is 5.97 Å². The molecule has 0 spiro atoms. The molecule has 1 aromatic rings. The van der Waals surface area contributed by atoms with Gasteiger partial charge in [0.15, 0.2) is 0 Å². The van der Waals surface area contributed by atoms with E-state index < -0.39 is 11.6 Å². The second-order valence-electron chi connectivity index (χ2n) is 6.18. The topological polar surface area (TPSA) is 69.9 Å². The van der Waals surface area contributed by atoms with Gasteiger partial charge in [0.25, 0.3) is 0 Å². The Morgan fingerprint density at radius 3 is 2.67 bits per heavy atom. The van der Waals surface area contributed by atoms with E-state index in [4.69, 9.17) is 5.11 Å². The van der Waals surface area contributed by atoms with Crippen LogP contribution in [-0.2, 0) is 0 Å². The predicted octanol–water partition coefficient (Wildman–Crippen LogP) is 4.05. The number of rotatable bonds is 8. The van der Waals surface area contributed by atoms with Crippen LogP contribution in [0, 0.1) is 5.92 Å². The van der Waals surface area contributed by atoms with Crippen LogP contribution in [0.5, 0.6) is 0 Å². The van der Waals surface area contributed by atoms with Gasteiger partial charge in [-0.05, 0) is 44.7 Å². The first-order valence-corrected chi connectivity index (χ1v) is 7.37. The highest BCUT2D eigenvalue weighted by Crippen LogP contribution is 2.20. The van der Waals surface area contributed by atoms with Crippen molar-refractivity contribution in [2.75, 3.05) is 0 Å². The number of aromatic carboxylic acids is 1. The number of aliphatic imine (C=N–C) groups is 1. The summed E-state index contributed by atoms with van der Waals surface area (Å²) in [5.74, 6) is -0.492. The molecule has 116 valence electrons. The highest BCUT2D eigenvalue weighted by Gasteiger charge is 2.12. The molecule has 4 heteroatoms. The first-order chi connectivity index (χ1) is 9.79. The van der Waals surface area contributed by atoms with Gasteiger partial charge in [0, 0.05) is 6.21 Å². The summed E-state index contributed by atoms with van der Waals surface area (Å²) in [7, 11) is 0. The third kappa shape index (κ3) is 7.04. The average molecular weight is 291 g/mol. The molecule has 0 aromatic heterocycles. The number of hydrogen-bond donors (Lipinski definition) is 2. The van der Waals surface area contributed by atoms with Gasteiger partial charge in [0.2, 0.25) is 0 Å². The zero-order valence-corrected chi connectivity index (χ0v) is 13.0. The van der Waals surface area contributed by atoms with Crippen LogP contribution in [-0.4, -0.2) is 28.0 Å². The molecule has 0 saturated heterocycles. The quantitative estimate of drug-likeness (QED) is 0.710. The van der Waals surface area contributed by atoms with Crippen molar-refractivity contribution in [3.8, 4) is 0 Å². The molecule has 2 N–H and O–H groups in total. The van der Waals surface area contributed by atoms with Crippen LogP contribution in [0.3, 0.4) is 0 Å². The Morgan fingerprint density at radius 1 is 1.38 bits per heavy atom. The van der Waals surface area contributed by atoms with Gasteiger partial charge in [-0.2, -0.15) is 0 Å². The van der Waals surface area contributed by atoms with E-state index in [2.05, 4.69) is 11.9 Å². The van der Waals surface area contributed by atoms with E-state index in [9.17, 15) is 9.90 Å². The Hall–Kier alpha value is -1.68. The molecule has 0 aliphatic heterocycles. The third-order valence-corrected chi connectivity index (χ3v) is 3.36. The van der Waals surface area contributed by atoms with Crippen LogP contribution in [0.1, 0.15) is 56.8 Å². The summed E-state index contributed by atoms with van der Waals surface area (Å²) >= 11 is 0. The molecule has 1 unspecified atom stereocenters. The van der Waals surface area contributed by atoms with Crippen LogP contribution in [0.15, 0.2) is 29.3 Å². The van der Waals surface area contributed by atoms with Crippen molar-refractivity contribution in [2.24, 2.45) is 10.9 Å². The number of aliphatic hydroxyl groups is 1. The first kappa shape index (κ1) is 17.4. The van der Waals surface area contributed by atoms with Crippen molar-refractivity contribution in [3.63, 3.8) is 0 Å². The minimum atomic E-state index is -0.957. The third-order valence-electron chi connectivity index (χ3n) is 3.36. The summed E-state index contributed by atoms with van der Waals surface area (Å²) in [6.45, 7) is 5.78. The number of carbonyl (C=O) groups is 1. The fraction of sp³-hybridized carbons (Fsp3) is 0.529. The Kier molecular flexibility index (Phi) is 6.56. The smallest absolute Gasteiger partial charge is 0.337 e. The van der Waals surface area contributed by atoms with Gasteiger partial charge < -0.3 is 10.2 Å². The van der Waals surface area contributed by atoms with Crippen LogP contribution < -0.4 is 0 Å². The van der Waals surface area contributed by atoms with Crippen molar-refractivity contribution in [2.45, 2.75) is 52.1 Å². The lowest BCUT2D eigenvalue weighted by molar-refractivity contribution is 0.0669. The lowest BCUT2D eigenvalue weighted by Gasteiger charge is -2.17. The highest BCUT2D eigenvalue weighted by molar-refractivity contribution is 5.94. The van der Waals surface area contributed by atoms with Crippen LogP contribution in [0.25, 0.3) is 0 Å². The lowest BCUT2D eigenvalue weighted by Crippen LogP contribution is -2.18. The van der Waals surface area contributed by atoms with E-state index in [1.807, 2.05) is 13.8 Å². The monoisotopic (exact) mass is 291 g/mol. The van der Waals surface area contributed by atoms with E-state index in [1.165, 1.54) is 0 Å². The number of carboxylic acids is 1. The Balaban J connectivity index is 2.46. The van der Waals surface area contributed by atoms with Crippen LogP contribution >= 0.6 is 0 Å². The van der Waals surface area contributed by atoms with Gasteiger partial charge in [-0.1, -0.05) is 31.9 Å². The number of hydrogen-bond acceptors (Lipinski definition) is 3. The molecule has 0 bridgehead atoms. The minimum absolute atomic E-state index is 0.225. The molecule has 0 amide bonds. The average Bonchev–Trinajstić information content (AvgIpc) is 2.37. The molecular weight excluding hydrogens is 266 g/mol. The van der Waals surface area contributed by atoms with Crippen molar-refractivity contribution in [3.05, 3.63) is 29.8 Å². The highest BCUT2D eigenvalue weighted by atomic mass is 16.4. The van der Waals surface area contributed by atoms with Crippen molar-refractivity contribution in [1.29, 1.82) is 0 Å². The summed E-state index contributed by atoms with van der Waals surface area (Å²) in [6.07, 6.45) is 5.38. The fourth-order valence-electron chi connectivity index (χ4n) is 2.10. The van der Waals surface area contributed by atoms with Crippen LogP contribution in [0.4, 0.5) is 5.69 Å². The standard InChI is InChI=1S/C17H25NO3/c1-13(7-6-11-17(2,3)21)10-12-18-15-9-5-4-8-14(15)16(19)20/h4-5,8-9,12-13,21H,6-7,10-11H2,1-3H3,(H,19,20). The summed E-state index contributed by atoms with van der Waals surface area (Å²) in [6, 6.07) is 6.74. The molecule has 0 heterocycles. The Morgan fingerprint density at radius 2 is 2.05 bits per heavy atom. The largest absolute Gasteiger partial charge is 0.478 e. The molecule has 0 aliphatic rings. The van der Waals surface area contributed by atoms with Crippen molar-refractivity contribution in [1.82, 2.24) is 0 Å². The summed E-state index contributed by atoms with van der Waals surface area (Å²) in [4.78, 5) is 15.3. The van der Waals surface area contributed by atoms with Crippen LogP contribution in [0.2, 0.25) is 0 Å². The van der Waals surface area contributed by atoms with Gasteiger partial charge in [-0.15, -0.1) is 0 Å². The molecule has 0 radical (unpaired) electrons. The fourth-order valence-corrected chi connectivity index (χ4v) is 2.10. The Labute approximate surface area is 126 Å². The first-order valence-electron chi connectivity index (χ1n) is 7.37. The normalized spacial score (nSPS) is 13.5. The summed E-state index contributed by atoms with van der Waals surface area (Å²) in [5, 5.41) is 18.7. The number of carboxylic acid groups (broad SMARTS) is 1. The molecule has 0 aliphatic carbocycles. The molecular formula is C17H25NO3.